The molecule has 0 bridgehead atoms. The van der Waals surface area contributed by atoms with Crippen LogP contribution in [0, 0.1) is 0 Å². The molecule has 1 aliphatic carbocycles. The van der Waals surface area contributed by atoms with Gasteiger partial charge in [0.2, 0.25) is 0 Å². The fraction of sp³-hybridized carbons (Fsp3) is 0.684. The minimum absolute atomic E-state index is 0.0966. The molecule has 0 atom stereocenters. The maximum Gasteiger partial charge on any atom is 0.261 e. The van der Waals surface area contributed by atoms with Crippen LogP contribution < -0.4 is 10.9 Å². The molecule has 6 nitrogen and oxygen atoms in total. The van der Waals surface area contributed by atoms with E-state index in [0.717, 1.165) is 44.3 Å². The van der Waals surface area contributed by atoms with Crippen molar-refractivity contribution < 1.29 is 9.90 Å². The molecule has 1 fully saturated rings. The largest absolute Gasteiger partial charge is 0.388 e. The van der Waals surface area contributed by atoms with E-state index in [4.69, 9.17) is 0 Å². The summed E-state index contributed by atoms with van der Waals surface area (Å²) in [4.78, 5) is 29.4. The second kappa shape index (κ2) is 9.15. The number of aromatic nitrogens is 1. The lowest BCUT2D eigenvalue weighted by atomic mass is 9.85. The molecule has 2 rings (SSSR count). The zero-order chi connectivity index (χ0) is 18.3. The minimum atomic E-state index is -0.831. The van der Waals surface area contributed by atoms with Gasteiger partial charge in [0.15, 0.2) is 0 Å². The number of amides is 1. The summed E-state index contributed by atoms with van der Waals surface area (Å²) < 4.78 is 0. The van der Waals surface area contributed by atoms with Gasteiger partial charge in [-0.25, -0.2) is 0 Å². The first-order valence-corrected chi connectivity index (χ1v) is 9.35. The second-order valence-corrected chi connectivity index (χ2v) is 7.29. The Kier molecular flexibility index (Phi) is 7.20. The number of nitrogens with zero attached hydrogens (tertiary/aromatic N) is 1. The Morgan fingerprint density at radius 1 is 1.32 bits per heavy atom. The fourth-order valence-electron chi connectivity index (χ4n) is 3.31. The van der Waals surface area contributed by atoms with Crippen molar-refractivity contribution in [2.75, 3.05) is 20.1 Å². The van der Waals surface area contributed by atoms with Crippen LogP contribution in [0.2, 0.25) is 0 Å². The first-order chi connectivity index (χ1) is 11.9. The van der Waals surface area contributed by atoms with Gasteiger partial charge in [0, 0.05) is 18.8 Å². The van der Waals surface area contributed by atoms with E-state index < -0.39 is 11.5 Å². The van der Waals surface area contributed by atoms with Gasteiger partial charge in [-0.15, -0.1) is 0 Å². The summed E-state index contributed by atoms with van der Waals surface area (Å²) in [5, 5.41) is 13.2. The highest BCUT2D eigenvalue weighted by molar-refractivity contribution is 5.93. The molecule has 1 aromatic rings. The molecule has 0 aromatic carbocycles. The van der Waals surface area contributed by atoms with Crippen LogP contribution in [0.4, 0.5) is 0 Å². The van der Waals surface area contributed by atoms with Crippen molar-refractivity contribution in [2.24, 2.45) is 0 Å². The average Bonchev–Trinajstić information content (AvgIpc) is 2.59. The molecule has 25 heavy (non-hydrogen) atoms. The molecule has 1 aliphatic rings. The van der Waals surface area contributed by atoms with Crippen LogP contribution in [0.15, 0.2) is 16.9 Å². The van der Waals surface area contributed by atoms with Crippen molar-refractivity contribution in [2.45, 2.75) is 64.0 Å². The van der Waals surface area contributed by atoms with Gasteiger partial charge in [-0.3, -0.25) is 9.59 Å². The summed E-state index contributed by atoms with van der Waals surface area (Å²) in [7, 11) is 2.01. The number of rotatable bonds is 8. The van der Waals surface area contributed by atoms with Crippen molar-refractivity contribution in [3.05, 3.63) is 33.7 Å². The lowest BCUT2D eigenvalue weighted by Crippen LogP contribution is -2.45. The SMILES string of the molecule is CCCCN(C)Cc1ccc(C(=O)NCC2(O)CCCCC2)c(=O)[nH]1. The minimum Gasteiger partial charge on any atom is -0.388 e. The van der Waals surface area contributed by atoms with Crippen LogP contribution >= 0.6 is 0 Å². The van der Waals surface area contributed by atoms with Crippen LogP contribution in [0.3, 0.4) is 0 Å². The summed E-state index contributed by atoms with van der Waals surface area (Å²) in [6.45, 7) is 3.97. The Morgan fingerprint density at radius 3 is 2.68 bits per heavy atom. The lowest BCUT2D eigenvalue weighted by molar-refractivity contribution is 0.00524. The highest BCUT2D eigenvalue weighted by atomic mass is 16.3. The Balaban J connectivity index is 1.93. The van der Waals surface area contributed by atoms with E-state index >= 15 is 0 Å². The Bertz CT molecular complexity index is 621. The first kappa shape index (κ1) is 19.7. The van der Waals surface area contributed by atoms with Gasteiger partial charge in [-0.05, 0) is 45.0 Å². The molecular weight excluding hydrogens is 318 g/mol. The van der Waals surface area contributed by atoms with Crippen LogP contribution in [-0.4, -0.2) is 46.6 Å². The van der Waals surface area contributed by atoms with Gasteiger partial charge in [0.05, 0.1) is 5.60 Å². The number of aliphatic hydroxyl groups is 1. The molecule has 1 heterocycles. The first-order valence-electron chi connectivity index (χ1n) is 9.35. The molecule has 1 amide bonds. The van der Waals surface area contributed by atoms with Gasteiger partial charge >= 0.3 is 0 Å². The summed E-state index contributed by atoms with van der Waals surface area (Å²) in [5.74, 6) is -0.425. The normalized spacial score (nSPS) is 16.8. The lowest BCUT2D eigenvalue weighted by Gasteiger charge is -2.32. The van der Waals surface area contributed by atoms with Crippen molar-refractivity contribution in [1.82, 2.24) is 15.2 Å². The number of carbonyl (C=O) groups excluding carboxylic acids is 1. The van der Waals surface area contributed by atoms with Gasteiger partial charge in [0.1, 0.15) is 5.56 Å². The summed E-state index contributed by atoms with van der Waals surface area (Å²) in [6, 6.07) is 3.36. The van der Waals surface area contributed by atoms with E-state index in [1.54, 1.807) is 12.1 Å². The number of aromatic amines is 1. The van der Waals surface area contributed by atoms with Crippen LogP contribution in [-0.2, 0) is 6.54 Å². The molecule has 0 radical (unpaired) electrons. The highest BCUT2D eigenvalue weighted by Gasteiger charge is 2.29. The Morgan fingerprint density at radius 2 is 2.04 bits per heavy atom. The molecule has 3 N–H and O–H groups in total. The molecule has 140 valence electrons. The van der Waals surface area contributed by atoms with E-state index in [9.17, 15) is 14.7 Å². The van der Waals surface area contributed by atoms with E-state index in [-0.39, 0.29) is 17.7 Å². The van der Waals surface area contributed by atoms with Gasteiger partial charge in [-0.1, -0.05) is 32.6 Å². The number of pyridine rings is 1. The molecule has 1 saturated carbocycles. The standard InChI is InChI=1S/C19H31N3O3/c1-3-4-12-22(2)13-15-8-9-16(18(24)21-15)17(23)20-14-19(25)10-6-5-7-11-19/h8-9,25H,3-7,10-14H2,1-2H3,(H,20,23)(H,21,24). The molecule has 1 aromatic heterocycles. The third-order valence-electron chi connectivity index (χ3n) is 4.91. The number of hydrogen-bond donors (Lipinski definition) is 3. The predicted octanol–water partition coefficient (Wildman–Crippen LogP) is 2.03. The zero-order valence-electron chi connectivity index (χ0n) is 15.4. The maximum absolute atomic E-state index is 12.3. The number of hydrogen-bond acceptors (Lipinski definition) is 4. The maximum atomic E-state index is 12.3. The fourth-order valence-corrected chi connectivity index (χ4v) is 3.31. The summed E-state index contributed by atoms with van der Waals surface area (Å²) in [6.07, 6.45) is 6.74. The van der Waals surface area contributed by atoms with Crippen LogP contribution in [0.1, 0.15) is 67.9 Å². The van der Waals surface area contributed by atoms with Crippen molar-refractivity contribution >= 4 is 5.91 Å². The third kappa shape index (κ3) is 5.97. The van der Waals surface area contributed by atoms with E-state index in [1.165, 1.54) is 0 Å². The summed E-state index contributed by atoms with van der Waals surface area (Å²) >= 11 is 0. The topological polar surface area (TPSA) is 85.4 Å². The molecule has 0 unspecified atom stereocenters. The zero-order valence-corrected chi connectivity index (χ0v) is 15.4. The second-order valence-electron chi connectivity index (χ2n) is 7.29. The number of carbonyl (C=O) groups is 1. The van der Waals surface area contributed by atoms with Crippen LogP contribution in [0.25, 0.3) is 0 Å². The molecular formula is C19H31N3O3. The summed E-state index contributed by atoms with van der Waals surface area (Å²) in [5.41, 5.74) is -0.317. The smallest absolute Gasteiger partial charge is 0.261 e. The highest BCUT2D eigenvalue weighted by Crippen LogP contribution is 2.27. The molecule has 0 spiro atoms. The third-order valence-corrected chi connectivity index (χ3v) is 4.91. The molecule has 0 aliphatic heterocycles. The van der Waals surface area contributed by atoms with Crippen molar-refractivity contribution in [3.8, 4) is 0 Å². The molecule has 0 saturated heterocycles. The van der Waals surface area contributed by atoms with Gasteiger partial charge in [0.25, 0.3) is 11.5 Å². The van der Waals surface area contributed by atoms with E-state index in [1.807, 2.05) is 7.05 Å². The Labute approximate surface area is 149 Å². The number of unbranched alkanes of at least 4 members (excludes halogenated alkanes) is 1. The van der Waals surface area contributed by atoms with Crippen molar-refractivity contribution in [1.29, 1.82) is 0 Å². The monoisotopic (exact) mass is 349 g/mol. The number of nitrogens with one attached hydrogen (secondary N) is 2. The van der Waals surface area contributed by atoms with Crippen molar-refractivity contribution in [3.63, 3.8) is 0 Å². The van der Waals surface area contributed by atoms with Gasteiger partial charge < -0.3 is 20.3 Å². The Hall–Kier alpha value is -1.66. The quantitative estimate of drug-likeness (QED) is 0.670. The predicted molar refractivity (Wildman–Crippen MR) is 98.7 cm³/mol. The average molecular weight is 349 g/mol. The van der Waals surface area contributed by atoms with E-state index in [0.29, 0.717) is 19.4 Å². The van der Waals surface area contributed by atoms with Gasteiger partial charge in [-0.2, -0.15) is 0 Å². The van der Waals surface area contributed by atoms with Crippen LogP contribution in [0.5, 0.6) is 0 Å². The van der Waals surface area contributed by atoms with E-state index in [2.05, 4.69) is 22.1 Å². The number of H-pyrrole nitrogens is 1. The molecule has 6 heteroatoms.